The second-order valence-corrected chi connectivity index (χ2v) is 4.57. The topological polar surface area (TPSA) is 79.3 Å². The van der Waals surface area contributed by atoms with Crippen molar-refractivity contribution in [3.8, 4) is 0 Å². The molecule has 0 fully saturated rings. The van der Waals surface area contributed by atoms with Gasteiger partial charge in [0.15, 0.2) is 0 Å². The Hall–Kier alpha value is -2.47. The standard InChI is InChI=1S/C14H10ClFN2O3/c15-13-11(6-9(16)7-17-13)14(21)18-10-3-1-8(2-4-10)5-12(19)20/h1-4,6-7H,5H2,(H,18,21)(H,19,20). The van der Waals surface area contributed by atoms with E-state index in [9.17, 15) is 14.0 Å². The van der Waals surface area contributed by atoms with Gasteiger partial charge in [0.25, 0.3) is 5.91 Å². The lowest BCUT2D eigenvalue weighted by Crippen LogP contribution is -2.13. The number of carbonyl (C=O) groups is 2. The summed E-state index contributed by atoms with van der Waals surface area (Å²) in [6, 6.07) is 7.25. The Morgan fingerprint density at radius 3 is 2.57 bits per heavy atom. The highest BCUT2D eigenvalue weighted by Gasteiger charge is 2.13. The molecule has 0 aliphatic heterocycles. The van der Waals surface area contributed by atoms with E-state index < -0.39 is 17.7 Å². The van der Waals surface area contributed by atoms with Crippen LogP contribution in [0.25, 0.3) is 0 Å². The van der Waals surface area contributed by atoms with Crippen LogP contribution in [0.5, 0.6) is 0 Å². The molecule has 108 valence electrons. The lowest BCUT2D eigenvalue weighted by Gasteiger charge is -2.07. The van der Waals surface area contributed by atoms with E-state index >= 15 is 0 Å². The molecule has 1 amide bonds. The number of hydrogen-bond acceptors (Lipinski definition) is 3. The fraction of sp³-hybridized carbons (Fsp3) is 0.0714. The maximum Gasteiger partial charge on any atom is 0.307 e. The van der Waals surface area contributed by atoms with Gasteiger partial charge in [-0.2, -0.15) is 0 Å². The van der Waals surface area contributed by atoms with Crippen LogP contribution in [0.15, 0.2) is 36.5 Å². The van der Waals surface area contributed by atoms with Crippen molar-refractivity contribution in [2.75, 3.05) is 5.32 Å². The molecule has 0 bridgehead atoms. The molecule has 7 heteroatoms. The highest BCUT2D eigenvalue weighted by Crippen LogP contribution is 2.17. The molecule has 21 heavy (non-hydrogen) atoms. The van der Waals surface area contributed by atoms with Gasteiger partial charge in [0.2, 0.25) is 0 Å². The van der Waals surface area contributed by atoms with Crippen LogP contribution < -0.4 is 5.32 Å². The highest BCUT2D eigenvalue weighted by atomic mass is 35.5. The third-order valence-electron chi connectivity index (χ3n) is 2.62. The number of amides is 1. The van der Waals surface area contributed by atoms with Crippen LogP contribution in [0.2, 0.25) is 5.15 Å². The molecule has 0 aliphatic rings. The Morgan fingerprint density at radius 2 is 1.95 bits per heavy atom. The van der Waals surface area contributed by atoms with Gasteiger partial charge in [-0.1, -0.05) is 23.7 Å². The smallest absolute Gasteiger partial charge is 0.307 e. The molecular weight excluding hydrogens is 299 g/mol. The number of halogens is 2. The Kier molecular flexibility index (Phi) is 4.49. The molecule has 0 saturated carbocycles. The van der Waals surface area contributed by atoms with Crippen LogP contribution in [-0.4, -0.2) is 22.0 Å². The second-order valence-electron chi connectivity index (χ2n) is 4.21. The van der Waals surface area contributed by atoms with Gasteiger partial charge in [-0.25, -0.2) is 9.37 Å². The number of hydrogen-bond donors (Lipinski definition) is 2. The first-order valence-corrected chi connectivity index (χ1v) is 6.26. The first-order valence-electron chi connectivity index (χ1n) is 5.89. The van der Waals surface area contributed by atoms with E-state index in [-0.39, 0.29) is 17.1 Å². The zero-order chi connectivity index (χ0) is 15.4. The van der Waals surface area contributed by atoms with Crippen molar-refractivity contribution in [3.05, 3.63) is 58.6 Å². The number of carbonyl (C=O) groups excluding carboxylic acids is 1. The quantitative estimate of drug-likeness (QED) is 0.851. The van der Waals surface area contributed by atoms with E-state index in [4.69, 9.17) is 16.7 Å². The van der Waals surface area contributed by atoms with Gasteiger partial charge in [-0.05, 0) is 23.8 Å². The third-order valence-corrected chi connectivity index (χ3v) is 2.92. The molecule has 2 rings (SSSR count). The van der Waals surface area contributed by atoms with Crippen molar-refractivity contribution < 1.29 is 19.1 Å². The Bertz CT molecular complexity index is 689. The van der Waals surface area contributed by atoms with E-state index in [1.807, 2.05) is 0 Å². The predicted molar refractivity (Wildman–Crippen MR) is 74.9 cm³/mol. The molecule has 0 aliphatic carbocycles. The Morgan fingerprint density at radius 1 is 1.29 bits per heavy atom. The molecule has 2 aromatic rings. The van der Waals surface area contributed by atoms with Crippen molar-refractivity contribution in [2.24, 2.45) is 0 Å². The van der Waals surface area contributed by atoms with Crippen LogP contribution >= 0.6 is 11.6 Å². The summed E-state index contributed by atoms with van der Waals surface area (Å²) in [7, 11) is 0. The number of nitrogens with zero attached hydrogens (tertiary/aromatic N) is 1. The highest BCUT2D eigenvalue weighted by molar-refractivity contribution is 6.33. The summed E-state index contributed by atoms with van der Waals surface area (Å²) in [5.74, 6) is -2.20. The number of nitrogens with one attached hydrogen (secondary N) is 1. The summed E-state index contributed by atoms with van der Waals surface area (Å²) in [5, 5.41) is 11.1. The van der Waals surface area contributed by atoms with Gasteiger partial charge in [0.1, 0.15) is 11.0 Å². The number of rotatable bonds is 4. The van der Waals surface area contributed by atoms with Gasteiger partial charge >= 0.3 is 5.97 Å². The number of carboxylic acids is 1. The van der Waals surface area contributed by atoms with E-state index in [1.54, 1.807) is 24.3 Å². The first kappa shape index (κ1) is 14.9. The van der Waals surface area contributed by atoms with Crippen molar-refractivity contribution in [2.45, 2.75) is 6.42 Å². The number of pyridine rings is 1. The SMILES string of the molecule is O=C(O)Cc1ccc(NC(=O)c2cc(F)cnc2Cl)cc1. The Balaban J connectivity index is 2.12. The van der Waals surface area contributed by atoms with Crippen molar-refractivity contribution >= 4 is 29.2 Å². The number of carboxylic acid groups (broad SMARTS) is 1. The van der Waals surface area contributed by atoms with Gasteiger partial charge < -0.3 is 10.4 Å². The number of benzene rings is 1. The molecule has 2 N–H and O–H groups in total. The lowest BCUT2D eigenvalue weighted by molar-refractivity contribution is -0.136. The molecule has 0 atom stereocenters. The van der Waals surface area contributed by atoms with E-state index in [1.165, 1.54) is 0 Å². The summed E-state index contributed by atoms with van der Waals surface area (Å²) < 4.78 is 13.1. The van der Waals surface area contributed by atoms with Gasteiger partial charge in [0.05, 0.1) is 18.2 Å². The maximum atomic E-state index is 13.1. The monoisotopic (exact) mass is 308 g/mol. The summed E-state index contributed by atoms with van der Waals surface area (Å²) in [6.07, 6.45) is 0.813. The van der Waals surface area contributed by atoms with Crippen LogP contribution in [0.3, 0.4) is 0 Å². The van der Waals surface area contributed by atoms with Crippen LogP contribution in [0.1, 0.15) is 15.9 Å². The molecule has 1 heterocycles. The van der Waals surface area contributed by atoms with E-state index in [2.05, 4.69) is 10.3 Å². The molecule has 5 nitrogen and oxygen atoms in total. The average molecular weight is 309 g/mol. The molecule has 0 unspecified atom stereocenters. The zero-order valence-corrected chi connectivity index (χ0v) is 11.4. The normalized spacial score (nSPS) is 10.2. The summed E-state index contributed by atoms with van der Waals surface area (Å²) >= 11 is 5.74. The van der Waals surface area contributed by atoms with Gasteiger partial charge in [-0.3, -0.25) is 9.59 Å². The number of aliphatic carboxylic acids is 1. The second kappa shape index (κ2) is 6.32. The summed E-state index contributed by atoms with van der Waals surface area (Å²) in [6.45, 7) is 0. The summed E-state index contributed by atoms with van der Waals surface area (Å²) in [5.41, 5.74) is 0.965. The lowest BCUT2D eigenvalue weighted by atomic mass is 10.1. The molecular formula is C14H10ClFN2O3. The first-order chi connectivity index (χ1) is 9.95. The average Bonchev–Trinajstić information content (AvgIpc) is 2.43. The molecule has 1 aromatic heterocycles. The minimum atomic E-state index is -0.940. The minimum Gasteiger partial charge on any atom is -0.481 e. The van der Waals surface area contributed by atoms with Gasteiger partial charge in [0, 0.05) is 5.69 Å². The van der Waals surface area contributed by atoms with Crippen LogP contribution in [0.4, 0.5) is 10.1 Å². The number of anilines is 1. The third kappa shape index (κ3) is 4.00. The van der Waals surface area contributed by atoms with Crippen LogP contribution in [-0.2, 0) is 11.2 Å². The fourth-order valence-corrected chi connectivity index (χ4v) is 1.85. The Labute approximate surface area is 124 Å². The molecule has 0 saturated heterocycles. The van der Waals surface area contributed by atoms with E-state index in [0.717, 1.165) is 12.3 Å². The molecule has 1 aromatic carbocycles. The van der Waals surface area contributed by atoms with Gasteiger partial charge in [-0.15, -0.1) is 0 Å². The number of aromatic nitrogens is 1. The predicted octanol–water partition coefficient (Wildman–Crippen LogP) is 2.75. The minimum absolute atomic E-state index is 0.0775. The summed E-state index contributed by atoms with van der Waals surface area (Å²) in [4.78, 5) is 26.1. The van der Waals surface area contributed by atoms with Crippen molar-refractivity contribution in [3.63, 3.8) is 0 Å². The van der Waals surface area contributed by atoms with E-state index in [0.29, 0.717) is 11.3 Å². The molecule has 0 spiro atoms. The maximum absolute atomic E-state index is 13.1. The van der Waals surface area contributed by atoms with Crippen molar-refractivity contribution in [1.82, 2.24) is 4.98 Å². The zero-order valence-electron chi connectivity index (χ0n) is 10.6. The van der Waals surface area contributed by atoms with Crippen LogP contribution in [0, 0.1) is 5.82 Å². The fourth-order valence-electron chi connectivity index (χ4n) is 1.66. The molecule has 0 radical (unpaired) electrons. The largest absolute Gasteiger partial charge is 0.481 e. The van der Waals surface area contributed by atoms with Crippen molar-refractivity contribution in [1.29, 1.82) is 0 Å².